The molecular formula is C32H38N4O2. The molecule has 0 spiro atoms. The average Bonchev–Trinajstić information content (AvgIpc) is 3.26. The van der Waals surface area contributed by atoms with Crippen LogP contribution in [0.2, 0.25) is 0 Å². The molecule has 5 rings (SSSR count). The third kappa shape index (κ3) is 5.82. The smallest absolute Gasteiger partial charge is 0.217 e. The minimum absolute atomic E-state index is 0.0200. The fourth-order valence-electron chi connectivity index (χ4n) is 5.42. The third-order valence-electron chi connectivity index (χ3n) is 7.40. The molecule has 0 unspecified atom stereocenters. The summed E-state index contributed by atoms with van der Waals surface area (Å²) in [5, 5.41) is 2.98. The Morgan fingerprint density at radius 1 is 0.974 bits per heavy atom. The summed E-state index contributed by atoms with van der Waals surface area (Å²) in [6, 6.07) is 19.9. The van der Waals surface area contributed by atoms with E-state index in [1.165, 1.54) is 33.3 Å². The molecule has 2 heterocycles. The SMILES string of the molecule is CCc1nc2c(C)cc(C)cc2n1Cc1ccc(-c2cc(CN3CCOCC3)ccc2CNC(C)=O)cc1. The van der Waals surface area contributed by atoms with Gasteiger partial charge in [0.05, 0.1) is 24.2 Å². The topological polar surface area (TPSA) is 59.4 Å². The number of aromatic nitrogens is 2. The second-order valence-corrected chi connectivity index (χ2v) is 10.4. The van der Waals surface area contributed by atoms with Crippen LogP contribution in [0.1, 0.15) is 47.5 Å². The van der Waals surface area contributed by atoms with E-state index in [0.717, 1.165) is 68.3 Å². The molecule has 1 aromatic heterocycles. The van der Waals surface area contributed by atoms with Crippen LogP contribution in [0.25, 0.3) is 22.2 Å². The van der Waals surface area contributed by atoms with E-state index in [1.54, 1.807) is 6.92 Å². The molecule has 1 amide bonds. The number of fused-ring (bicyclic) bond motifs is 1. The maximum absolute atomic E-state index is 11.6. The second kappa shape index (κ2) is 11.5. The summed E-state index contributed by atoms with van der Waals surface area (Å²) in [5.74, 6) is 1.10. The fraction of sp³-hybridized carbons (Fsp3) is 0.375. The van der Waals surface area contributed by atoms with Crippen molar-refractivity contribution >= 4 is 16.9 Å². The number of morpholine rings is 1. The van der Waals surface area contributed by atoms with Crippen molar-refractivity contribution in [3.63, 3.8) is 0 Å². The zero-order valence-electron chi connectivity index (χ0n) is 23.0. The molecule has 6 nitrogen and oxygen atoms in total. The summed E-state index contributed by atoms with van der Waals surface area (Å²) >= 11 is 0. The lowest BCUT2D eigenvalue weighted by atomic mass is 9.96. The summed E-state index contributed by atoms with van der Waals surface area (Å²) < 4.78 is 7.87. The number of imidazole rings is 1. The quantitative estimate of drug-likeness (QED) is 0.345. The van der Waals surface area contributed by atoms with Crippen LogP contribution < -0.4 is 5.32 Å². The van der Waals surface area contributed by atoms with Gasteiger partial charge in [-0.15, -0.1) is 0 Å². The minimum atomic E-state index is -0.0200. The van der Waals surface area contributed by atoms with Crippen LogP contribution in [-0.2, 0) is 35.6 Å². The van der Waals surface area contributed by atoms with Crippen LogP contribution in [0.15, 0.2) is 54.6 Å². The van der Waals surface area contributed by atoms with E-state index < -0.39 is 0 Å². The number of amides is 1. The predicted octanol–water partition coefficient (Wildman–Crippen LogP) is 5.40. The van der Waals surface area contributed by atoms with Gasteiger partial charge < -0.3 is 14.6 Å². The summed E-state index contributed by atoms with van der Waals surface area (Å²) in [6.07, 6.45) is 0.897. The first kappa shape index (κ1) is 26.1. The van der Waals surface area contributed by atoms with E-state index in [2.05, 4.69) is 90.2 Å². The molecule has 1 aliphatic heterocycles. The van der Waals surface area contributed by atoms with Crippen molar-refractivity contribution in [1.82, 2.24) is 19.8 Å². The number of benzene rings is 3. The number of carbonyl (C=O) groups excluding carboxylic acids is 1. The van der Waals surface area contributed by atoms with Gasteiger partial charge in [0.25, 0.3) is 0 Å². The van der Waals surface area contributed by atoms with Crippen molar-refractivity contribution < 1.29 is 9.53 Å². The first-order valence-corrected chi connectivity index (χ1v) is 13.6. The maximum Gasteiger partial charge on any atom is 0.217 e. The number of nitrogens with one attached hydrogen (secondary N) is 1. The highest BCUT2D eigenvalue weighted by molar-refractivity contribution is 5.80. The van der Waals surface area contributed by atoms with E-state index in [1.807, 2.05) is 0 Å². The van der Waals surface area contributed by atoms with Crippen molar-refractivity contribution in [1.29, 1.82) is 0 Å². The largest absolute Gasteiger partial charge is 0.379 e. The number of aryl methyl sites for hydroxylation is 3. The molecular weight excluding hydrogens is 472 g/mol. The van der Waals surface area contributed by atoms with Crippen LogP contribution >= 0.6 is 0 Å². The normalized spacial score (nSPS) is 14.2. The predicted molar refractivity (Wildman–Crippen MR) is 153 cm³/mol. The van der Waals surface area contributed by atoms with Crippen molar-refractivity contribution in [2.45, 2.75) is 53.8 Å². The summed E-state index contributed by atoms with van der Waals surface area (Å²) in [5.41, 5.74) is 10.8. The average molecular weight is 511 g/mol. The third-order valence-corrected chi connectivity index (χ3v) is 7.40. The molecule has 0 bridgehead atoms. The van der Waals surface area contributed by atoms with Gasteiger partial charge in [0.15, 0.2) is 0 Å². The molecule has 1 aliphatic rings. The summed E-state index contributed by atoms with van der Waals surface area (Å²) in [4.78, 5) is 19.0. The number of hydrogen-bond acceptors (Lipinski definition) is 4. The fourth-order valence-corrected chi connectivity index (χ4v) is 5.42. The second-order valence-electron chi connectivity index (χ2n) is 10.4. The molecule has 198 valence electrons. The highest BCUT2D eigenvalue weighted by atomic mass is 16.5. The van der Waals surface area contributed by atoms with Gasteiger partial charge in [-0.2, -0.15) is 0 Å². The minimum Gasteiger partial charge on any atom is -0.379 e. The van der Waals surface area contributed by atoms with Crippen LogP contribution in [0.4, 0.5) is 0 Å². The molecule has 0 radical (unpaired) electrons. The molecule has 1 fully saturated rings. The van der Waals surface area contributed by atoms with E-state index >= 15 is 0 Å². The van der Waals surface area contributed by atoms with Gasteiger partial charge >= 0.3 is 0 Å². The van der Waals surface area contributed by atoms with Crippen molar-refractivity contribution in [2.75, 3.05) is 26.3 Å². The molecule has 4 aromatic rings. The van der Waals surface area contributed by atoms with Gasteiger partial charge in [-0.25, -0.2) is 4.98 Å². The highest BCUT2D eigenvalue weighted by Gasteiger charge is 2.15. The molecule has 0 saturated carbocycles. The summed E-state index contributed by atoms with van der Waals surface area (Å²) in [6.45, 7) is 13.7. The molecule has 0 aliphatic carbocycles. The Labute approximate surface area is 225 Å². The molecule has 3 aromatic carbocycles. The van der Waals surface area contributed by atoms with E-state index in [-0.39, 0.29) is 5.91 Å². The number of rotatable bonds is 8. The zero-order chi connectivity index (χ0) is 26.6. The summed E-state index contributed by atoms with van der Waals surface area (Å²) in [7, 11) is 0. The number of ether oxygens (including phenoxy) is 1. The van der Waals surface area contributed by atoms with Crippen molar-refractivity contribution in [3.8, 4) is 11.1 Å². The van der Waals surface area contributed by atoms with Gasteiger partial charge in [-0.05, 0) is 64.9 Å². The molecule has 1 saturated heterocycles. The Bertz CT molecular complexity index is 1430. The number of nitrogens with zero attached hydrogens (tertiary/aromatic N) is 3. The van der Waals surface area contributed by atoms with Gasteiger partial charge in [0.2, 0.25) is 5.91 Å². The van der Waals surface area contributed by atoms with Crippen molar-refractivity contribution in [3.05, 3.63) is 88.2 Å². The van der Waals surface area contributed by atoms with Crippen LogP contribution in [0.3, 0.4) is 0 Å². The van der Waals surface area contributed by atoms with E-state index in [9.17, 15) is 4.79 Å². The number of hydrogen-bond donors (Lipinski definition) is 1. The number of carbonyl (C=O) groups is 1. The first-order valence-electron chi connectivity index (χ1n) is 13.6. The van der Waals surface area contributed by atoms with Gasteiger partial charge in [0, 0.05) is 46.1 Å². The maximum atomic E-state index is 11.6. The lowest BCUT2D eigenvalue weighted by Gasteiger charge is -2.27. The highest BCUT2D eigenvalue weighted by Crippen LogP contribution is 2.28. The Kier molecular flexibility index (Phi) is 7.91. The zero-order valence-corrected chi connectivity index (χ0v) is 23.0. The molecule has 6 heteroatoms. The van der Waals surface area contributed by atoms with Gasteiger partial charge in [-0.3, -0.25) is 9.69 Å². The molecule has 1 N–H and O–H groups in total. The lowest BCUT2D eigenvalue weighted by Crippen LogP contribution is -2.35. The Balaban J connectivity index is 1.44. The van der Waals surface area contributed by atoms with E-state index in [4.69, 9.17) is 9.72 Å². The lowest BCUT2D eigenvalue weighted by molar-refractivity contribution is -0.119. The van der Waals surface area contributed by atoms with Gasteiger partial charge in [-0.1, -0.05) is 49.4 Å². The molecule has 38 heavy (non-hydrogen) atoms. The Morgan fingerprint density at radius 2 is 1.71 bits per heavy atom. The molecule has 0 atom stereocenters. The standard InChI is InChI=1S/C32H38N4O2/c1-5-31-34-32-23(3)16-22(2)17-30(32)36(31)21-25-6-9-27(10-7-25)29-18-26(20-35-12-14-38-15-13-35)8-11-28(29)19-33-24(4)37/h6-11,16-18H,5,12-15,19-21H2,1-4H3,(H,33,37). The Morgan fingerprint density at radius 3 is 2.42 bits per heavy atom. The first-order chi connectivity index (χ1) is 18.4. The van der Waals surface area contributed by atoms with Crippen LogP contribution in [0, 0.1) is 13.8 Å². The van der Waals surface area contributed by atoms with Crippen molar-refractivity contribution in [2.24, 2.45) is 0 Å². The van der Waals surface area contributed by atoms with Gasteiger partial charge in [0.1, 0.15) is 5.82 Å². The van der Waals surface area contributed by atoms with Crippen LogP contribution in [-0.4, -0.2) is 46.7 Å². The van der Waals surface area contributed by atoms with Crippen LogP contribution in [0.5, 0.6) is 0 Å². The monoisotopic (exact) mass is 510 g/mol. The van der Waals surface area contributed by atoms with E-state index in [0.29, 0.717) is 6.54 Å². The Hall–Kier alpha value is -3.48.